The fourth-order valence-electron chi connectivity index (χ4n) is 1.75. The second-order valence-electron chi connectivity index (χ2n) is 4.92. The second-order valence-corrected chi connectivity index (χ2v) is 6.57. The molecule has 6 nitrogen and oxygen atoms in total. The number of amides is 2. The molecule has 138 valence electrons. The summed E-state index contributed by atoms with van der Waals surface area (Å²) in [4.78, 5) is 21.7. The predicted octanol–water partition coefficient (Wildman–Crippen LogP) is 5.27. The quantitative estimate of drug-likeness (QED) is 0.364. The zero-order valence-corrected chi connectivity index (χ0v) is 16.2. The third kappa shape index (κ3) is 6.23. The summed E-state index contributed by atoms with van der Waals surface area (Å²) in [6.07, 6.45) is 1.00. The van der Waals surface area contributed by atoms with Crippen LogP contribution in [0.25, 0.3) is 0 Å². The largest absolute Gasteiger partial charge is 0.390 e. The molecule has 0 bridgehead atoms. The molecule has 2 N–H and O–H groups in total. The van der Waals surface area contributed by atoms with Crippen LogP contribution in [0.4, 0.5) is 4.79 Å². The number of urea groups is 1. The van der Waals surface area contributed by atoms with E-state index in [4.69, 9.17) is 61.8 Å². The van der Waals surface area contributed by atoms with E-state index in [2.05, 4.69) is 5.16 Å². The van der Waals surface area contributed by atoms with Crippen molar-refractivity contribution < 1.29 is 14.5 Å². The van der Waals surface area contributed by atoms with Gasteiger partial charge in [-0.25, -0.2) is 4.79 Å². The maximum atomic E-state index is 11.4. The molecular formula is C16H13Cl4N3O3. The summed E-state index contributed by atoms with van der Waals surface area (Å²) < 4.78 is 0. The van der Waals surface area contributed by atoms with E-state index in [1.165, 1.54) is 0 Å². The first-order chi connectivity index (χ1) is 12.4. The molecule has 2 rings (SSSR count). The van der Waals surface area contributed by atoms with Crippen LogP contribution in [0, 0.1) is 0 Å². The van der Waals surface area contributed by atoms with Gasteiger partial charge in [-0.05, 0) is 29.8 Å². The monoisotopic (exact) mass is 435 g/mol. The van der Waals surface area contributed by atoms with Gasteiger partial charge in [0.1, 0.15) is 13.2 Å². The molecule has 2 amide bonds. The highest BCUT2D eigenvalue weighted by atomic mass is 35.5. The molecule has 0 aliphatic heterocycles. The Kier molecular flexibility index (Phi) is 7.81. The lowest BCUT2D eigenvalue weighted by molar-refractivity contribution is -0.0691. The molecule has 0 fully saturated rings. The van der Waals surface area contributed by atoms with Gasteiger partial charge in [0.15, 0.2) is 6.34 Å². The van der Waals surface area contributed by atoms with Gasteiger partial charge >= 0.3 is 6.03 Å². The van der Waals surface area contributed by atoms with Gasteiger partial charge in [0.25, 0.3) is 0 Å². The number of benzene rings is 2. The van der Waals surface area contributed by atoms with Crippen molar-refractivity contribution in [2.24, 2.45) is 10.9 Å². The van der Waals surface area contributed by atoms with Gasteiger partial charge in [-0.2, -0.15) is 5.06 Å². The van der Waals surface area contributed by atoms with E-state index < -0.39 is 6.03 Å². The maximum absolute atomic E-state index is 11.4. The zero-order valence-electron chi connectivity index (χ0n) is 13.2. The minimum Gasteiger partial charge on any atom is -0.390 e. The summed E-state index contributed by atoms with van der Waals surface area (Å²) in [6, 6.07) is 9.01. The maximum Gasteiger partial charge on any atom is 0.344 e. The summed E-state index contributed by atoms with van der Waals surface area (Å²) in [6.45, 7) is 0.0980. The number of carbonyl (C=O) groups excluding carboxylic acids is 1. The summed E-state index contributed by atoms with van der Waals surface area (Å²) in [7, 11) is 0. The van der Waals surface area contributed by atoms with Crippen molar-refractivity contribution in [3.63, 3.8) is 0 Å². The molecule has 2 aromatic rings. The molecule has 0 aliphatic rings. The van der Waals surface area contributed by atoms with E-state index >= 15 is 0 Å². The Morgan fingerprint density at radius 1 is 1.04 bits per heavy atom. The van der Waals surface area contributed by atoms with Crippen LogP contribution in [0.5, 0.6) is 0 Å². The molecular weight excluding hydrogens is 424 g/mol. The van der Waals surface area contributed by atoms with Crippen LogP contribution in [0.3, 0.4) is 0 Å². The van der Waals surface area contributed by atoms with Crippen molar-refractivity contribution in [2.45, 2.75) is 13.2 Å². The topological polar surface area (TPSA) is 77.2 Å². The minimum atomic E-state index is -0.873. The van der Waals surface area contributed by atoms with Gasteiger partial charge in [-0.1, -0.05) is 63.7 Å². The number of hydrogen-bond acceptors (Lipinski definition) is 4. The number of oxime groups is 1. The second kappa shape index (κ2) is 9.85. The Hall–Kier alpha value is -1.70. The van der Waals surface area contributed by atoms with Crippen molar-refractivity contribution in [3.05, 3.63) is 67.6 Å². The molecule has 26 heavy (non-hydrogen) atoms. The third-order valence-electron chi connectivity index (χ3n) is 3.03. The van der Waals surface area contributed by atoms with Gasteiger partial charge < -0.3 is 10.6 Å². The lowest BCUT2D eigenvalue weighted by atomic mass is 10.2. The van der Waals surface area contributed by atoms with Crippen molar-refractivity contribution in [3.8, 4) is 0 Å². The zero-order chi connectivity index (χ0) is 19.1. The molecule has 0 atom stereocenters. The lowest BCUT2D eigenvalue weighted by Crippen LogP contribution is -2.34. The molecule has 0 saturated carbocycles. The summed E-state index contributed by atoms with van der Waals surface area (Å²) in [5.41, 5.74) is 6.59. The fourth-order valence-corrected chi connectivity index (χ4v) is 2.53. The third-order valence-corrected chi connectivity index (χ3v) is 4.36. The Morgan fingerprint density at radius 2 is 1.81 bits per heavy atom. The predicted molar refractivity (Wildman–Crippen MR) is 102 cm³/mol. The van der Waals surface area contributed by atoms with E-state index in [1.54, 1.807) is 36.4 Å². The Morgan fingerprint density at radius 3 is 2.46 bits per heavy atom. The fraction of sp³-hybridized carbons (Fsp3) is 0.125. The number of halogens is 4. The van der Waals surface area contributed by atoms with Gasteiger partial charge in [0, 0.05) is 15.6 Å². The highest BCUT2D eigenvalue weighted by Crippen LogP contribution is 2.23. The normalized spacial score (nSPS) is 10.9. The van der Waals surface area contributed by atoms with Crippen LogP contribution >= 0.6 is 46.4 Å². The number of nitrogens with zero attached hydrogens (tertiary/aromatic N) is 2. The smallest absolute Gasteiger partial charge is 0.344 e. The molecule has 0 spiro atoms. The summed E-state index contributed by atoms with van der Waals surface area (Å²) in [5.74, 6) is 0. The number of rotatable bonds is 7. The molecule has 2 aromatic carbocycles. The van der Waals surface area contributed by atoms with Gasteiger partial charge in [-0.3, -0.25) is 4.84 Å². The van der Waals surface area contributed by atoms with Crippen molar-refractivity contribution >= 4 is 58.8 Å². The SMILES string of the molecule is NC(=O)N(/C=N/OCc1ccc(Cl)cc1Cl)OCc1ccc(Cl)c(Cl)c1. The van der Waals surface area contributed by atoms with Gasteiger partial charge in [-0.15, -0.1) is 0 Å². The average molecular weight is 437 g/mol. The van der Waals surface area contributed by atoms with E-state index in [9.17, 15) is 4.79 Å². The minimum absolute atomic E-state index is 0.0227. The van der Waals surface area contributed by atoms with Crippen LogP contribution in [0.2, 0.25) is 20.1 Å². The Labute approximate surface area is 169 Å². The first-order valence-corrected chi connectivity index (χ1v) is 8.63. The molecule has 0 saturated heterocycles. The van der Waals surface area contributed by atoms with Crippen LogP contribution in [0.15, 0.2) is 41.6 Å². The van der Waals surface area contributed by atoms with Crippen molar-refractivity contribution in [1.29, 1.82) is 0 Å². The standard InChI is InChI=1S/C16H13Cl4N3O3/c17-12-3-2-11(14(19)6-12)8-25-22-9-23(16(21)24)26-7-10-1-4-13(18)15(20)5-10/h1-6,9H,7-8H2,(H2,21,24)/b22-9+. The summed E-state index contributed by atoms with van der Waals surface area (Å²) >= 11 is 23.6. The van der Waals surface area contributed by atoms with Gasteiger partial charge in [0.2, 0.25) is 0 Å². The number of hydroxylamine groups is 2. The van der Waals surface area contributed by atoms with Crippen molar-refractivity contribution in [2.75, 3.05) is 0 Å². The van der Waals surface area contributed by atoms with Crippen LogP contribution in [-0.2, 0) is 22.9 Å². The number of primary amides is 1. The number of hydrogen-bond donors (Lipinski definition) is 1. The average Bonchev–Trinajstić information content (AvgIpc) is 2.58. The molecule has 0 unspecified atom stereocenters. The lowest BCUT2D eigenvalue weighted by Gasteiger charge is -2.14. The van der Waals surface area contributed by atoms with E-state index in [0.29, 0.717) is 31.2 Å². The molecule has 0 radical (unpaired) electrons. The highest BCUT2D eigenvalue weighted by Gasteiger charge is 2.09. The van der Waals surface area contributed by atoms with E-state index in [-0.39, 0.29) is 13.2 Å². The molecule has 0 aromatic heterocycles. The first kappa shape index (κ1) is 20.6. The Bertz CT molecular complexity index is 817. The van der Waals surface area contributed by atoms with Crippen LogP contribution in [0.1, 0.15) is 11.1 Å². The number of carbonyl (C=O) groups is 1. The molecule has 10 heteroatoms. The Balaban J connectivity index is 1.89. The number of nitrogens with two attached hydrogens (primary N) is 1. The molecule has 0 aliphatic carbocycles. The summed E-state index contributed by atoms with van der Waals surface area (Å²) in [5, 5.41) is 6.10. The van der Waals surface area contributed by atoms with E-state index in [0.717, 1.165) is 11.4 Å². The van der Waals surface area contributed by atoms with Crippen LogP contribution < -0.4 is 5.73 Å². The van der Waals surface area contributed by atoms with Crippen molar-refractivity contribution in [1.82, 2.24) is 5.06 Å². The van der Waals surface area contributed by atoms with E-state index in [1.807, 2.05) is 0 Å². The highest BCUT2D eigenvalue weighted by molar-refractivity contribution is 6.42. The molecule has 0 heterocycles. The van der Waals surface area contributed by atoms with Crippen LogP contribution in [-0.4, -0.2) is 17.4 Å². The van der Waals surface area contributed by atoms with Gasteiger partial charge in [0.05, 0.1) is 10.0 Å². The first-order valence-electron chi connectivity index (χ1n) is 7.11.